The van der Waals surface area contributed by atoms with Crippen molar-refractivity contribution in [2.45, 2.75) is 19.8 Å². The van der Waals surface area contributed by atoms with Gasteiger partial charge < -0.3 is 10.2 Å². The lowest BCUT2D eigenvalue weighted by molar-refractivity contribution is -0.138. The van der Waals surface area contributed by atoms with Gasteiger partial charge >= 0.3 is 5.97 Å². The lowest BCUT2D eigenvalue weighted by Gasteiger charge is -2.07. The van der Waals surface area contributed by atoms with Gasteiger partial charge in [-0.25, -0.2) is 0 Å². The molecule has 0 bridgehead atoms. The Balaban J connectivity index is 3.03. The van der Waals surface area contributed by atoms with Crippen molar-refractivity contribution in [2.24, 2.45) is 0 Å². The SMILES string of the molecule is Cc1cc(C(C)C(=O)O)ccc1O. The Kier molecular flexibility index (Phi) is 2.56. The van der Waals surface area contributed by atoms with E-state index in [2.05, 4.69) is 0 Å². The van der Waals surface area contributed by atoms with Gasteiger partial charge in [-0.2, -0.15) is 0 Å². The number of phenols is 1. The minimum absolute atomic E-state index is 0.196. The molecular weight excluding hydrogens is 168 g/mol. The molecule has 1 atom stereocenters. The standard InChI is InChI=1S/C10H12O3/c1-6-5-8(3-4-9(6)11)7(2)10(12)13/h3-5,7,11H,1-2H3,(H,12,13). The highest BCUT2D eigenvalue weighted by atomic mass is 16.4. The number of carbonyl (C=O) groups is 1. The third kappa shape index (κ3) is 1.99. The Bertz CT molecular complexity index is 331. The van der Waals surface area contributed by atoms with Gasteiger partial charge in [-0.3, -0.25) is 4.79 Å². The molecule has 3 heteroatoms. The van der Waals surface area contributed by atoms with Crippen molar-refractivity contribution in [1.82, 2.24) is 0 Å². The van der Waals surface area contributed by atoms with Crippen molar-refractivity contribution in [3.63, 3.8) is 0 Å². The Hall–Kier alpha value is -1.51. The van der Waals surface area contributed by atoms with E-state index in [4.69, 9.17) is 5.11 Å². The number of aromatic hydroxyl groups is 1. The van der Waals surface area contributed by atoms with Crippen LogP contribution in [-0.2, 0) is 4.79 Å². The van der Waals surface area contributed by atoms with E-state index in [1.165, 1.54) is 6.07 Å². The Morgan fingerprint density at radius 1 is 1.46 bits per heavy atom. The zero-order valence-corrected chi connectivity index (χ0v) is 7.61. The number of benzene rings is 1. The van der Waals surface area contributed by atoms with E-state index in [0.29, 0.717) is 11.1 Å². The second-order valence-electron chi connectivity index (χ2n) is 3.11. The molecule has 3 nitrogen and oxygen atoms in total. The maximum atomic E-state index is 10.6. The van der Waals surface area contributed by atoms with Gasteiger partial charge in [-0.1, -0.05) is 12.1 Å². The lowest BCUT2D eigenvalue weighted by atomic mass is 9.99. The molecule has 0 fully saturated rings. The highest BCUT2D eigenvalue weighted by Crippen LogP contribution is 2.22. The predicted octanol–water partition coefficient (Wildman–Crippen LogP) is 1.89. The van der Waals surface area contributed by atoms with Crippen molar-refractivity contribution >= 4 is 5.97 Å². The molecule has 1 unspecified atom stereocenters. The van der Waals surface area contributed by atoms with Crippen LogP contribution in [0.15, 0.2) is 18.2 Å². The van der Waals surface area contributed by atoms with E-state index in [0.717, 1.165) is 0 Å². The lowest BCUT2D eigenvalue weighted by Crippen LogP contribution is -2.07. The third-order valence-corrected chi connectivity index (χ3v) is 2.09. The zero-order valence-electron chi connectivity index (χ0n) is 7.61. The van der Waals surface area contributed by atoms with Crippen LogP contribution in [0.3, 0.4) is 0 Å². The summed E-state index contributed by atoms with van der Waals surface area (Å²) < 4.78 is 0. The highest BCUT2D eigenvalue weighted by molar-refractivity contribution is 5.75. The minimum Gasteiger partial charge on any atom is -0.508 e. The molecule has 0 aliphatic heterocycles. The molecule has 13 heavy (non-hydrogen) atoms. The van der Waals surface area contributed by atoms with E-state index in [1.54, 1.807) is 26.0 Å². The number of rotatable bonds is 2. The number of phenolic OH excluding ortho intramolecular Hbond substituents is 1. The molecule has 2 N–H and O–H groups in total. The molecule has 1 aromatic carbocycles. The van der Waals surface area contributed by atoms with Crippen LogP contribution in [0.25, 0.3) is 0 Å². The van der Waals surface area contributed by atoms with Crippen molar-refractivity contribution < 1.29 is 15.0 Å². The van der Waals surface area contributed by atoms with Crippen molar-refractivity contribution in [2.75, 3.05) is 0 Å². The first-order valence-electron chi connectivity index (χ1n) is 4.04. The fourth-order valence-electron chi connectivity index (χ4n) is 1.09. The average molecular weight is 180 g/mol. The molecule has 70 valence electrons. The van der Waals surface area contributed by atoms with Gasteiger partial charge in [0.05, 0.1) is 5.92 Å². The summed E-state index contributed by atoms with van der Waals surface area (Å²) in [4.78, 5) is 10.6. The Morgan fingerprint density at radius 3 is 2.54 bits per heavy atom. The molecule has 0 spiro atoms. The topological polar surface area (TPSA) is 57.5 Å². The molecule has 0 aliphatic carbocycles. The maximum Gasteiger partial charge on any atom is 0.310 e. The molecule has 0 aromatic heterocycles. The Labute approximate surface area is 76.6 Å². The van der Waals surface area contributed by atoms with Gasteiger partial charge in [0.25, 0.3) is 0 Å². The molecule has 0 amide bonds. The molecule has 1 aromatic rings. The first-order valence-corrected chi connectivity index (χ1v) is 4.04. The summed E-state index contributed by atoms with van der Waals surface area (Å²) in [7, 11) is 0. The number of aryl methyl sites for hydroxylation is 1. The van der Waals surface area contributed by atoms with Gasteiger partial charge in [0.1, 0.15) is 5.75 Å². The number of carboxylic acid groups (broad SMARTS) is 1. The van der Waals surface area contributed by atoms with Gasteiger partial charge in [0.2, 0.25) is 0 Å². The summed E-state index contributed by atoms with van der Waals surface area (Å²) in [6.45, 7) is 3.36. The first-order chi connectivity index (χ1) is 6.02. The van der Waals surface area contributed by atoms with Crippen LogP contribution in [0.1, 0.15) is 24.0 Å². The van der Waals surface area contributed by atoms with Crippen LogP contribution in [0.5, 0.6) is 5.75 Å². The van der Waals surface area contributed by atoms with Crippen molar-refractivity contribution in [3.05, 3.63) is 29.3 Å². The van der Waals surface area contributed by atoms with Crippen molar-refractivity contribution in [1.29, 1.82) is 0 Å². The summed E-state index contributed by atoms with van der Waals surface area (Å²) in [5.41, 5.74) is 1.41. The summed E-state index contributed by atoms with van der Waals surface area (Å²) in [6.07, 6.45) is 0. The monoisotopic (exact) mass is 180 g/mol. The summed E-state index contributed by atoms with van der Waals surface area (Å²) in [5.74, 6) is -1.19. The van der Waals surface area contributed by atoms with Crippen LogP contribution in [0.2, 0.25) is 0 Å². The smallest absolute Gasteiger partial charge is 0.310 e. The highest BCUT2D eigenvalue weighted by Gasteiger charge is 2.13. The van der Waals surface area contributed by atoms with Crippen LogP contribution < -0.4 is 0 Å². The van der Waals surface area contributed by atoms with Crippen molar-refractivity contribution in [3.8, 4) is 5.75 Å². The van der Waals surface area contributed by atoms with E-state index < -0.39 is 11.9 Å². The molecule has 0 saturated carbocycles. The second kappa shape index (κ2) is 3.47. The number of carboxylic acids is 1. The van der Waals surface area contributed by atoms with E-state index in [1.807, 2.05) is 0 Å². The zero-order chi connectivity index (χ0) is 10.0. The quantitative estimate of drug-likeness (QED) is 0.730. The second-order valence-corrected chi connectivity index (χ2v) is 3.11. The van der Waals surface area contributed by atoms with Crippen LogP contribution in [0, 0.1) is 6.92 Å². The van der Waals surface area contributed by atoms with E-state index >= 15 is 0 Å². The average Bonchev–Trinajstić information content (AvgIpc) is 2.08. The summed E-state index contributed by atoms with van der Waals surface area (Å²) >= 11 is 0. The number of aliphatic carboxylic acids is 1. The fraction of sp³-hybridized carbons (Fsp3) is 0.300. The third-order valence-electron chi connectivity index (χ3n) is 2.09. The van der Waals surface area contributed by atoms with Crippen LogP contribution >= 0.6 is 0 Å². The van der Waals surface area contributed by atoms with Gasteiger partial charge in [0, 0.05) is 0 Å². The van der Waals surface area contributed by atoms with E-state index in [-0.39, 0.29) is 5.75 Å². The number of hydrogen-bond donors (Lipinski definition) is 2. The van der Waals surface area contributed by atoms with Gasteiger partial charge in [0.15, 0.2) is 0 Å². The fourth-order valence-corrected chi connectivity index (χ4v) is 1.09. The number of hydrogen-bond acceptors (Lipinski definition) is 2. The van der Waals surface area contributed by atoms with E-state index in [9.17, 15) is 9.90 Å². The molecule has 0 saturated heterocycles. The predicted molar refractivity (Wildman–Crippen MR) is 48.9 cm³/mol. The molecule has 0 heterocycles. The minimum atomic E-state index is -0.856. The summed E-state index contributed by atoms with van der Waals surface area (Å²) in [5, 5.41) is 17.9. The van der Waals surface area contributed by atoms with Gasteiger partial charge in [-0.05, 0) is 31.0 Å². The largest absolute Gasteiger partial charge is 0.508 e. The van der Waals surface area contributed by atoms with Crippen LogP contribution in [-0.4, -0.2) is 16.2 Å². The Morgan fingerprint density at radius 2 is 2.08 bits per heavy atom. The molecule has 0 radical (unpaired) electrons. The normalized spacial score (nSPS) is 12.5. The van der Waals surface area contributed by atoms with Gasteiger partial charge in [-0.15, -0.1) is 0 Å². The summed E-state index contributed by atoms with van der Waals surface area (Å²) in [6, 6.07) is 4.83. The first kappa shape index (κ1) is 9.58. The maximum absolute atomic E-state index is 10.6. The molecule has 0 aliphatic rings. The molecular formula is C10H12O3. The molecule has 1 rings (SSSR count). The van der Waals surface area contributed by atoms with Crippen LogP contribution in [0.4, 0.5) is 0 Å².